The van der Waals surface area contributed by atoms with Gasteiger partial charge in [0.15, 0.2) is 6.61 Å². The molecule has 4 amide bonds. The van der Waals surface area contributed by atoms with E-state index in [1.165, 1.54) is 0 Å². The molecule has 0 unspecified atom stereocenters. The van der Waals surface area contributed by atoms with Gasteiger partial charge < -0.3 is 14.6 Å². The lowest BCUT2D eigenvalue weighted by molar-refractivity contribution is -0.140. The summed E-state index contributed by atoms with van der Waals surface area (Å²) in [5.41, 5.74) is 3.59. The van der Waals surface area contributed by atoms with Crippen LogP contribution in [0.2, 0.25) is 0 Å². The smallest absolute Gasteiger partial charge is 0.344 e. The zero-order chi connectivity index (χ0) is 20.8. The van der Waals surface area contributed by atoms with Crippen molar-refractivity contribution in [2.75, 3.05) is 6.61 Å². The Hall–Kier alpha value is -2.84. The number of hydrogen-bond acceptors (Lipinski definition) is 5. The number of carbonyl (C=O) groups excluding carboxylic acids is 4. The van der Waals surface area contributed by atoms with Crippen LogP contribution in [0.3, 0.4) is 0 Å². The first-order valence-electron chi connectivity index (χ1n) is 10.1. The van der Waals surface area contributed by atoms with E-state index in [1.807, 2.05) is 13.8 Å². The van der Waals surface area contributed by atoms with Gasteiger partial charge in [0.05, 0.1) is 5.56 Å². The summed E-state index contributed by atoms with van der Waals surface area (Å²) >= 11 is 0. The second kappa shape index (κ2) is 7.20. The number of amides is 4. The highest BCUT2D eigenvalue weighted by Crippen LogP contribution is 2.38. The number of aryl methyl sites for hydroxylation is 1. The molecular weight excluding hydrogens is 376 g/mol. The van der Waals surface area contributed by atoms with Gasteiger partial charge in [0.1, 0.15) is 5.54 Å². The first-order valence-corrected chi connectivity index (χ1v) is 10.1. The number of aromatic nitrogens is 1. The molecule has 9 heteroatoms. The van der Waals surface area contributed by atoms with Crippen molar-refractivity contribution in [3.63, 3.8) is 0 Å². The van der Waals surface area contributed by atoms with Gasteiger partial charge >= 0.3 is 12.0 Å². The third kappa shape index (κ3) is 3.49. The third-order valence-corrected chi connectivity index (χ3v) is 6.06. The monoisotopic (exact) mass is 402 g/mol. The van der Waals surface area contributed by atoms with Crippen molar-refractivity contribution in [3.05, 3.63) is 23.0 Å². The minimum atomic E-state index is -0.917. The Balaban J connectivity index is 1.34. The van der Waals surface area contributed by atoms with Gasteiger partial charge in [-0.2, -0.15) is 5.01 Å². The number of rotatable bonds is 5. The van der Waals surface area contributed by atoms with Crippen LogP contribution in [0.1, 0.15) is 72.7 Å². The van der Waals surface area contributed by atoms with Gasteiger partial charge in [0.25, 0.3) is 11.8 Å². The van der Waals surface area contributed by atoms with Gasteiger partial charge in [0, 0.05) is 17.4 Å². The number of ether oxygens (including phenoxy) is 1. The fraction of sp³-hybridized carbons (Fsp3) is 0.600. The number of imide groups is 1. The van der Waals surface area contributed by atoms with Crippen LogP contribution < -0.4 is 10.7 Å². The molecule has 2 saturated carbocycles. The largest absolute Gasteiger partial charge is 0.452 e. The lowest BCUT2D eigenvalue weighted by Gasteiger charge is -2.30. The lowest BCUT2D eigenvalue weighted by Crippen LogP contribution is -2.51. The summed E-state index contributed by atoms with van der Waals surface area (Å²) in [6.07, 6.45) is 6.05. The quantitative estimate of drug-likeness (QED) is 0.577. The molecule has 1 spiro atoms. The molecule has 1 aliphatic heterocycles. The summed E-state index contributed by atoms with van der Waals surface area (Å²) in [6, 6.07) is 1.55. The van der Waals surface area contributed by atoms with Crippen LogP contribution in [0.4, 0.5) is 4.79 Å². The molecule has 1 saturated heterocycles. The van der Waals surface area contributed by atoms with Gasteiger partial charge in [-0.15, -0.1) is 0 Å². The van der Waals surface area contributed by atoms with E-state index in [-0.39, 0.29) is 0 Å². The summed E-state index contributed by atoms with van der Waals surface area (Å²) in [5, 5.41) is 3.42. The lowest BCUT2D eigenvalue weighted by atomic mass is 9.82. The van der Waals surface area contributed by atoms with E-state index in [0.29, 0.717) is 29.5 Å². The van der Waals surface area contributed by atoms with Crippen LogP contribution in [0, 0.1) is 13.8 Å². The number of nitrogens with zero attached hydrogens (tertiary/aromatic N) is 2. The van der Waals surface area contributed by atoms with Gasteiger partial charge in [-0.25, -0.2) is 9.59 Å². The predicted molar refractivity (Wildman–Crippen MR) is 102 cm³/mol. The fourth-order valence-corrected chi connectivity index (χ4v) is 4.46. The van der Waals surface area contributed by atoms with Crippen molar-refractivity contribution < 1.29 is 23.9 Å². The van der Waals surface area contributed by atoms with Crippen molar-refractivity contribution >= 4 is 23.8 Å². The van der Waals surface area contributed by atoms with Crippen LogP contribution in [-0.4, -0.2) is 45.5 Å². The van der Waals surface area contributed by atoms with Crippen LogP contribution >= 0.6 is 0 Å². The number of esters is 1. The fourth-order valence-electron chi connectivity index (χ4n) is 4.46. The molecule has 0 aromatic carbocycles. The molecule has 3 fully saturated rings. The number of urea groups is 1. The molecule has 3 aliphatic rings. The Morgan fingerprint density at radius 3 is 2.55 bits per heavy atom. The highest BCUT2D eigenvalue weighted by molar-refractivity contribution is 6.08. The molecule has 1 aromatic rings. The zero-order valence-electron chi connectivity index (χ0n) is 16.7. The minimum absolute atomic E-state index is 0.429. The first-order chi connectivity index (χ1) is 13.8. The second-order valence-corrected chi connectivity index (χ2v) is 8.21. The van der Waals surface area contributed by atoms with Crippen LogP contribution in [-0.2, 0) is 14.3 Å². The SMILES string of the molecule is Cc1cc(C(=O)OCC(=O)NN2C(=O)NC3(CCCCC3)C2=O)c(C)n1C1CC1. The summed E-state index contributed by atoms with van der Waals surface area (Å²) < 4.78 is 7.24. The maximum atomic E-state index is 12.7. The Labute approximate surface area is 168 Å². The van der Waals surface area contributed by atoms with Gasteiger partial charge in [0.2, 0.25) is 0 Å². The summed E-state index contributed by atoms with van der Waals surface area (Å²) in [6.45, 7) is 3.22. The average Bonchev–Trinajstić information content (AvgIpc) is 3.44. The van der Waals surface area contributed by atoms with Crippen molar-refractivity contribution in [2.45, 2.75) is 70.4 Å². The Morgan fingerprint density at radius 1 is 1.21 bits per heavy atom. The molecule has 2 heterocycles. The third-order valence-electron chi connectivity index (χ3n) is 6.06. The Morgan fingerprint density at radius 2 is 1.90 bits per heavy atom. The molecule has 29 heavy (non-hydrogen) atoms. The van der Waals surface area contributed by atoms with Crippen molar-refractivity contribution in [2.24, 2.45) is 0 Å². The Bertz CT molecular complexity index is 880. The van der Waals surface area contributed by atoms with Crippen LogP contribution in [0.25, 0.3) is 0 Å². The van der Waals surface area contributed by atoms with E-state index in [4.69, 9.17) is 4.74 Å². The topological polar surface area (TPSA) is 110 Å². The average molecular weight is 402 g/mol. The molecule has 1 aromatic heterocycles. The zero-order valence-corrected chi connectivity index (χ0v) is 16.7. The van der Waals surface area contributed by atoms with E-state index < -0.39 is 36.0 Å². The highest BCUT2D eigenvalue weighted by atomic mass is 16.5. The van der Waals surface area contributed by atoms with Crippen LogP contribution in [0.5, 0.6) is 0 Å². The van der Waals surface area contributed by atoms with E-state index in [2.05, 4.69) is 15.3 Å². The van der Waals surface area contributed by atoms with Crippen LogP contribution in [0.15, 0.2) is 6.07 Å². The molecule has 2 aliphatic carbocycles. The van der Waals surface area contributed by atoms with Crippen molar-refractivity contribution in [3.8, 4) is 0 Å². The molecule has 0 bridgehead atoms. The van der Waals surface area contributed by atoms with Gasteiger partial charge in [-0.05, 0) is 45.6 Å². The highest BCUT2D eigenvalue weighted by Gasteiger charge is 2.52. The Kier molecular flexibility index (Phi) is 4.84. The molecule has 9 nitrogen and oxygen atoms in total. The maximum Gasteiger partial charge on any atom is 0.344 e. The summed E-state index contributed by atoms with van der Waals surface area (Å²) in [5.74, 6) is -1.78. The molecule has 156 valence electrons. The van der Waals surface area contributed by atoms with E-state index in [0.717, 1.165) is 43.5 Å². The van der Waals surface area contributed by atoms with Gasteiger partial charge in [-0.3, -0.25) is 15.0 Å². The van der Waals surface area contributed by atoms with Crippen molar-refractivity contribution in [1.29, 1.82) is 0 Å². The molecule has 0 radical (unpaired) electrons. The number of hydrazine groups is 1. The number of nitrogens with one attached hydrogen (secondary N) is 2. The normalized spacial score (nSPS) is 20.7. The van der Waals surface area contributed by atoms with Gasteiger partial charge in [-0.1, -0.05) is 19.3 Å². The number of hydrogen-bond donors (Lipinski definition) is 2. The minimum Gasteiger partial charge on any atom is -0.452 e. The number of carbonyl (C=O) groups is 4. The molecule has 0 atom stereocenters. The standard InChI is InChI=1S/C20H26N4O5/c1-12-10-15(13(2)23(12)14-6-7-14)17(26)29-11-16(25)22-24-18(27)20(21-19(24)28)8-4-3-5-9-20/h10,14H,3-9,11H2,1-2H3,(H,21,28)(H,22,25). The van der Waals surface area contributed by atoms with Crippen molar-refractivity contribution in [1.82, 2.24) is 20.3 Å². The summed E-state index contributed by atoms with van der Waals surface area (Å²) in [4.78, 5) is 49.5. The summed E-state index contributed by atoms with van der Waals surface area (Å²) in [7, 11) is 0. The van der Waals surface area contributed by atoms with E-state index >= 15 is 0 Å². The maximum absolute atomic E-state index is 12.7. The molecule has 4 rings (SSSR count). The molecule has 2 N–H and O–H groups in total. The predicted octanol–water partition coefficient (Wildman–Crippen LogP) is 1.88. The van der Waals surface area contributed by atoms with E-state index in [1.54, 1.807) is 6.07 Å². The van der Waals surface area contributed by atoms with E-state index in [9.17, 15) is 19.2 Å². The first kappa shape index (κ1) is 19.5. The second-order valence-electron chi connectivity index (χ2n) is 8.21. The molecular formula is C20H26N4O5.